The zero-order valence-corrected chi connectivity index (χ0v) is 21.3. The number of benzene rings is 2. The summed E-state index contributed by atoms with van der Waals surface area (Å²) in [7, 11) is -3.86. The van der Waals surface area contributed by atoms with Gasteiger partial charge in [0.2, 0.25) is 15.9 Å². The van der Waals surface area contributed by atoms with E-state index in [4.69, 9.17) is 0 Å². The highest BCUT2D eigenvalue weighted by atomic mass is 32.2. The monoisotopic (exact) mass is 549 g/mol. The van der Waals surface area contributed by atoms with Crippen LogP contribution in [0.4, 0.5) is 17.6 Å². The molecule has 0 aliphatic heterocycles. The molecule has 1 amide bonds. The van der Waals surface area contributed by atoms with E-state index in [1.165, 1.54) is 42.5 Å². The second-order valence-electron chi connectivity index (χ2n) is 9.40. The molecule has 38 heavy (non-hydrogen) atoms. The molecule has 1 saturated carbocycles. The molecule has 1 aromatic heterocycles. The predicted molar refractivity (Wildman–Crippen MR) is 134 cm³/mol. The smallest absolute Gasteiger partial charge is 0.349 e. The number of alkyl halides is 3. The van der Waals surface area contributed by atoms with Gasteiger partial charge in [0.25, 0.3) is 0 Å². The van der Waals surface area contributed by atoms with E-state index in [1.807, 2.05) is 6.92 Å². The van der Waals surface area contributed by atoms with E-state index < -0.39 is 21.9 Å². The van der Waals surface area contributed by atoms with Crippen LogP contribution in [-0.2, 0) is 21.0 Å². The Balaban J connectivity index is 1.32. The fraction of sp³-hybridized carbons (Fsp3) is 0.333. The number of pyridine rings is 1. The molecule has 202 valence electrons. The van der Waals surface area contributed by atoms with Gasteiger partial charge >= 0.3 is 6.18 Å². The largest absolute Gasteiger partial charge is 0.433 e. The third-order valence-corrected chi connectivity index (χ3v) is 8.23. The van der Waals surface area contributed by atoms with Crippen molar-refractivity contribution in [2.75, 3.05) is 0 Å². The molecule has 11 heteroatoms. The Kier molecular flexibility index (Phi) is 8.17. The molecule has 6 nitrogen and oxygen atoms in total. The standard InChI is InChI=1S/C27H27F4N3O3S/c1-17(18-2-8-22(28)9-3-18)33-26(35)20-4-10-23(11-5-20)34-38(36,37)24-12-6-19(7-13-24)21-14-15-32-25(16-21)27(29,30)31/h2-3,6-9,12-17,20,23,34H,4-5,10-11H2,1H3,(H,33,35). The molecule has 1 atom stereocenters. The van der Waals surface area contributed by atoms with Gasteiger partial charge in [-0.3, -0.25) is 9.78 Å². The number of halogens is 4. The topological polar surface area (TPSA) is 88.2 Å². The molecule has 2 N–H and O–H groups in total. The fourth-order valence-corrected chi connectivity index (χ4v) is 5.82. The van der Waals surface area contributed by atoms with Crippen molar-refractivity contribution >= 4 is 15.9 Å². The summed E-state index contributed by atoms with van der Waals surface area (Å²) >= 11 is 0. The van der Waals surface area contributed by atoms with Crippen LogP contribution in [0.2, 0.25) is 0 Å². The number of amides is 1. The molecule has 2 aromatic carbocycles. The number of hydrogen-bond acceptors (Lipinski definition) is 4. The summed E-state index contributed by atoms with van der Waals surface area (Å²) in [6.45, 7) is 1.82. The molecular formula is C27H27F4N3O3S. The number of sulfonamides is 1. The van der Waals surface area contributed by atoms with Crippen LogP contribution in [0, 0.1) is 11.7 Å². The highest BCUT2D eigenvalue weighted by Crippen LogP contribution is 2.31. The van der Waals surface area contributed by atoms with Crippen LogP contribution >= 0.6 is 0 Å². The summed E-state index contributed by atoms with van der Waals surface area (Å²) < 4.78 is 80.5. The lowest BCUT2D eigenvalue weighted by Gasteiger charge is -2.29. The number of aromatic nitrogens is 1. The lowest BCUT2D eigenvalue weighted by molar-refractivity contribution is -0.141. The van der Waals surface area contributed by atoms with Crippen molar-refractivity contribution < 1.29 is 30.8 Å². The summed E-state index contributed by atoms with van der Waals surface area (Å²) in [5.41, 5.74) is 0.465. The normalized spacial score (nSPS) is 19.1. The first kappa shape index (κ1) is 27.7. The molecule has 0 spiro atoms. The molecule has 4 rings (SSSR count). The first-order chi connectivity index (χ1) is 17.9. The molecule has 0 radical (unpaired) electrons. The van der Waals surface area contributed by atoms with Crippen molar-refractivity contribution in [1.29, 1.82) is 0 Å². The maximum atomic E-state index is 13.1. The van der Waals surface area contributed by atoms with Crippen LogP contribution in [0.5, 0.6) is 0 Å². The van der Waals surface area contributed by atoms with Crippen molar-refractivity contribution in [3.63, 3.8) is 0 Å². The summed E-state index contributed by atoms with van der Waals surface area (Å²) in [6.07, 6.45) is -1.53. The minimum Gasteiger partial charge on any atom is -0.349 e. The Morgan fingerprint density at radius 2 is 1.58 bits per heavy atom. The molecule has 1 unspecified atom stereocenters. The molecule has 0 bridgehead atoms. The maximum Gasteiger partial charge on any atom is 0.433 e. The van der Waals surface area contributed by atoms with Gasteiger partial charge in [-0.05, 0) is 85.7 Å². The second-order valence-corrected chi connectivity index (χ2v) is 11.1. The lowest BCUT2D eigenvalue weighted by Crippen LogP contribution is -2.41. The van der Waals surface area contributed by atoms with Crippen LogP contribution in [0.3, 0.4) is 0 Å². The van der Waals surface area contributed by atoms with Gasteiger partial charge in [-0.25, -0.2) is 17.5 Å². The van der Waals surface area contributed by atoms with E-state index in [1.54, 1.807) is 12.1 Å². The maximum absolute atomic E-state index is 13.1. The summed E-state index contributed by atoms with van der Waals surface area (Å²) in [5.74, 6) is -0.722. The Hall–Kier alpha value is -3.31. The van der Waals surface area contributed by atoms with Crippen LogP contribution in [0.25, 0.3) is 11.1 Å². The third kappa shape index (κ3) is 6.76. The molecule has 1 aliphatic carbocycles. The SMILES string of the molecule is CC(NC(=O)C1CCC(NS(=O)(=O)c2ccc(-c3ccnc(C(F)(F)F)c3)cc2)CC1)c1ccc(F)cc1. The second kappa shape index (κ2) is 11.2. The van der Waals surface area contributed by atoms with Crippen LogP contribution < -0.4 is 10.0 Å². The van der Waals surface area contributed by atoms with Gasteiger partial charge in [0, 0.05) is 18.2 Å². The highest BCUT2D eigenvalue weighted by molar-refractivity contribution is 7.89. The van der Waals surface area contributed by atoms with Crippen molar-refractivity contribution in [2.45, 2.75) is 55.8 Å². The van der Waals surface area contributed by atoms with Gasteiger partial charge in [0.05, 0.1) is 10.9 Å². The summed E-state index contributed by atoms with van der Waals surface area (Å²) in [4.78, 5) is 16.0. The number of nitrogens with zero attached hydrogens (tertiary/aromatic N) is 1. The predicted octanol–water partition coefficient (Wildman–Crippen LogP) is 5.62. The Morgan fingerprint density at radius 3 is 2.18 bits per heavy atom. The first-order valence-corrected chi connectivity index (χ1v) is 13.6. The van der Waals surface area contributed by atoms with Crippen molar-refractivity contribution in [1.82, 2.24) is 15.0 Å². The number of hydrogen-bond donors (Lipinski definition) is 2. The van der Waals surface area contributed by atoms with Crippen LogP contribution in [0.1, 0.15) is 49.9 Å². The first-order valence-electron chi connectivity index (χ1n) is 12.1. The van der Waals surface area contributed by atoms with E-state index >= 15 is 0 Å². The number of nitrogens with one attached hydrogen (secondary N) is 2. The lowest BCUT2D eigenvalue weighted by atomic mass is 9.85. The van der Waals surface area contributed by atoms with E-state index in [9.17, 15) is 30.8 Å². The zero-order valence-electron chi connectivity index (χ0n) is 20.5. The zero-order chi connectivity index (χ0) is 27.5. The summed E-state index contributed by atoms with van der Waals surface area (Å²) in [5, 5.41) is 2.94. The van der Waals surface area contributed by atoms with E-state index in [-0.39, 0.29) is 40.2 Å². The van der Waals surface area contributed by atoms with E-state index in [0.717, 1.165) is 17.8 Å². The van der Waals surface area contributed by atoms with Gasteiger partial charge in [-0.15, -0.1) is 0 Å². The van der Waals surface area contributed by atoms with Gasteiger partial charge in [0.1, 0.15) is 11.5 Å². The van der Waals surface area contributed by atoms with Gasteiger partial charge in [0.15, 0.2) is 0 Å². The van der Waals surface area contributed by atoms with Crippen LogP contribution in [0.15, 0.2) is 71.8 Å². The van der Waals surface area contributed by atoms with Gasteiger partial charge in [-0.2, -0.15) is 13.2 Å². The summed E-state index contributed by atoms with van der Waals surface area (Å²) in [6, 6.07) is 13.2. The Bertz CT molecular complexity index is 1370. The van der Waals surface area contributed by atoms with E-state index in [2.05, 4.69) is 15.0 Å². The molecule has 0 saturated heterocycles. The van der Waals surface area contributed by atoms with Gasteiger partial charge < -0.3 is 5.32 Å². The Morgan fingerprint density at radius 1 is 0.947 bits per heavy atom. The number of carbonyl (C=O) groups is 1. The molecule has 1 heterocycles. The third-order valence-electron chi connectivity index (χ3n) is 6.70. The quantitative estimate of drug-likeness (QED) is 0.375. The molecule has 1 fully saturated rings. The van der Waals surface area contributed by atoms with Crippen LogP contribution in [-0.4, -0.2) is 25.4 Å². The minimum absolute atomic E-state index is 0.000611. The molecule has 1 aliphatic rings. The molecule has 3 aromatic rings. The van der Waals surface area contributed by atoms with Gasteiger partial charge in [-0.1, -0.05) is 24.3 Å². The number of rotatable bonds is 7. The fourth-order valence-electron chi connectivity index (χ4n) is 4.52. The van der Waals surface area contributed by atoms with Crippen molar-refractivity contribution in [3.8, 4) is 11.1 Å². The average molecular weight is 550 g/mol. The molecular weight excluding hydrogens is 522 g/mol. The minimum atomic E-state index is -4.58. The van der Waals surface area contributed by atoms with Crippen molar-refractivity contribution in [3.05, 3.63) is 83.9 Å². The average Bonchev–Trinajstić information content (AvgIpc) is 2.89. The van der Waals surface area contributed by atoms with E-state index in [0.29, 0.717) is 31.2 Å². The Labute approximate surface area is 218 Å². The highest BCUT2D eigenvalue weighted by Gasteiger charge is 2.33. The van der Waals surface area contributed by atoms with Crippen molar-refractivity contribution in [2.24, 2.45) is 5.92 Å². The number of carbonyl (C=O) groups excluding carboxylic acids is 1.